The molecule has 0 spiro atoms. The van der Waals surface area contributed by atoms with Crippen molar-refractivity contribution in [1.82, 2.24) is 10.2 Å². The van der Waals surface area contributed by atoms with Gasteiger partial charge in [0.1, 0.15) is 0 Å². The second kappa shape index (κ2) is 5.70. The van der Waals surface area contributed by atoms with Gasteiger partial charge in [-0.3, -0.25) is 0 Å². The second-order valence-corrected chi connectivity index (χ2v) is 5.67. The van der Waals surface area contributed by atoms with Crippen LogP contribution >= 0.6 is 0 Å². The Hall–Kier alpha value is -1.77. The number of benzene rings is 1. The first kappa shape index (κ1) is 13.2. The summed E-state index contributed by atoms with van der Waals surface area (Å²) in [6.45, 7) is 4.56. The lowest BCUT2D eigenvalue weighted by atomic mass is 9.99. The van der Waals surface area contributed by atoms with Crippen molar-refractivity contribution >= 4 is 11.6 Å². The lowest BCUT2D eigenvalue weighted by Gasteiger charge is -2.28. The summed E-state index contributed by atoms with van der Waals surface area (Å²) < 4.78 is 0. The molecule has 3 rings (SSSR count). The van der Waals surface area contributed by atoms with E-state index in [2.05, 4.69) is 36.5 Å². The number of fused-ring (bicyclic) bond motifs is 2. The average Bonchev–Trinajstić information content (AvgIpc) is 2.85. The van der Waals surface area contributed by atoms with Crippen molar-refractivity contribution in [2.24, 2.45) is 0 Å². The molecule has 0 fully saturated rings. The molecule has 0 bridgehead atoms. The SMILES string of the molecule is CCCCNC(=O)N1CCC2=C(Cc3ccccc32)C1. The first-order chi connectivity index (χ1) is 9.79. The minimum atomic E-state index is 0.0981. The van der Waals surface area contributed by atoms with E-state index in [1.807, 2.05) is 4.90 Å². The van der Waals surface area contributed by atoms with E-state index in [-0.39, 0.29) is 6.03 Å². The van der Waals surface area contributed by atoms with Crippen LogP contribution < -0.4 is 5.32 Å². The van der Waals surface area contributed by atoms with Crippen LogP contribution in [0.3, 0.4) is 0 Å². The third-order valence-electron chi connectivity index (χ3n) is 4.28. The highest BCUT2D eigenvalue weighted by atomic mass is 16.2. The Bertz CT molecular complexity index is 548. The predicted molar refractivity (Wildman–Crippen MR) is 81.6 cm³/mol. The number of nitrogens with one attached hydrogen (secondary N) is 1. The Kier molecular flexibility index (Phi) is 3.77. The third kappa shape index (κ3) is 2.45. The number of carbonyl (C=O) groups excluding carboxylic acids is 1. The maximum Gasteiger partial charge on any atom is 0.317 e. The van der Waals surface area contributed by atoms with E-state index in [1.54, 1.807) is 0 Å². The molecule has 1 aliphatic carbocycles. The Morgan fingerprint density at radius 3 is 3.05 bits per heavy atom. The molecule has 1 N–H and O–H groups in total. The zero-order valence-electron chi connectivity index (χ0n) is 12.1. The first-order valence-corrected chi connectivity index (χ1v) is 7.61. The minimum Gasteiger partial charge on any atom is -0.338 e. The highest BCUT2D eigenvalue weighted by Gasteiger charge is 2.28. The molecular weight excluding hydrogens is 248 g/mol. The molecule has 0 saturated heterocycles. The number of amides is 2. The summed E-state index contributed by atoms with van der Waals surface area (Å²) in [5.41, 5.74) is 5.75. The summed E-state index contributed by atoms with van der Waals surface area (Å²) in [7, 11) is 0. The molecule has 20 heavy (non-hydrogen) atoms. The van der Waals surface area contributed by atoms with Crippen LogP contribution in [0.15, 0.2) is 29.8 Å². The molecule has 0 atom stereocenters. The van der Waals surface area contributed by atoms with Crippen LogP contribution in [-0.4, -0.2) is 30.6 Å². The van der Waals surface area contributed by atoms with Gasteiger partial charge in [0, 0.05) is 19.6 Å². The van der Waals surface area contributed by atoms with E-state index in [1.165, 1.54) is 22.3 Å². The predicted octanol–water partition coefficient (Wildman–Crippen LogP) is 3.21. The molecule has 1 aliphatic heterocycles. The van der Waals surface area contributed by atoms with Gasteiger partial charge in [0.15, 0.2) is 0 Å². The molecule has 3 nitrogen and oxygen atoms in total. The molecule has 106 valence electrons. The number of rotatable bonds is 3. The summed E-state index contributed by atoms with van der Waals surface area (Å²) >= 11 is 0. The van der Waals surface area contributed by atoms with Gasteiger partial charge in [0.2, 0.25) is 0 Å². The highest BCUT2D eigenvalue weighted by Crippen LogP contribution is 2.37. The minimum absolute atomic E-state index is 0.0981. The summed E-state index contributed by atoms with van der Waals surface area (Å²) in [6.07, 6.45) is 4.18. The number of unbranched alkanes of at least 4 members (excludes halogenated alkanes) is 1. The van der Waals surface area contributed by atoms with E-state index < -0.39 is 0 Å². The topological polar surface area (TPSA) is 32.3 Å². The van der Waals surface area contributed by atoms with E-state index in [0.717, 1.165) is 45.3 Å². The maximum atomic E-state index is 12.1. The molecular formula is C17H22N2O. The maximum absolute atomic E-state index is 12.1. The Morgan fingerprint density at radius 2 is 2.20 bits per heavy atom. The van der Waals surface area contributed by atoms with Crippen LogP contribution in [0.5, 0.6) is 0 Å². The van der Waals surface area contributed by atoms with Crippen LogP contribution in [0.1, 0.15) is 37.3 Å². The Labute approximate surface area is 120 Å². The Balaban J connectivity index is 1.65. The number of urea groups is 1. The van der Waals surface area contributed by atoms with Gasteiger partial charge >= 0.3 is 6.03 Å². The van der Waals surface area contributed by atoms with Gasteiger partial charge in [-0.25, -0.2) is 4.79 Å². The summed E-state index contributed by atoms with van der Waals surface area (Å²) in [6, 6.07) is 8.74. The third-order valence-corrected chi connectivity index (χ3v) is 4.28. The fourth-order valence-electron chi connectivity index (χ4n) is 3.17. The van der Waals surface area contributed by atoms with Crippen LogP contribution in [-0.2, 0) is 6.42 Å². The lowest BCUT2D eigenvalue weighted by Crippen LogP contribution is -2.43. The molecule has 0 unspecified atom stereocenters. The normalized spacial score (nSPS) is 16.9. The van der Waals surface area contributed by atoms with Crippen LogP contribution in [0.25, 0.3) is 5.57 Å². The van der Waals surface area contributed by atoms with Gasteiger partial charge in [-0.05, 0) is 41.5 Å². The summed E-state index contributed by atoms with van der Waals surface area (Å²) in [4.78, 5) is 14.1. The lowest BCUT2D eigenvalue weighted by molar-refractivity contribution is 0.201. The van der Waals surface area contributed by atoms with Gasteiger partial charge in [0.05, 0.1) is 0 Å². The smallest absolute Gasteiger partial charge is 0.317 e. The van der Waals surface area contributed by atoms with Crippen molar-refractivity contribution in [3.63, 3.8) is 0 Å². The van der Waals surface area contributed by atoms with E-state index in [0.29, 0.717) is 0 Å². The van der Waals surface area contributed by atoms with Gasteiger partial charge < -0.3 is 10.2 Å². The molecule has 1 heterocycles. The molecule has 2 amide bonds. The van der Waals surface area contributed by atoms with Crippen molar-refractivity contribution < 1.29 is 4.79 Å². The van der Waals surface area contributed by atoms with E-state index >= 15 is 0 Å². The number of carbonyl (C=O) groups is 1. The van der Waals surface area contributed by atoms with Gasteiger partial charge in [0.25, 0.3) is 0 Å². The fourth-order valence-corrected chi connectivity index (χ4v) is 3.17. The quantitative estimate of drug-likeness (QED) is 0.840. The molecule has 0 radical (unpaired) electrons. The van der Waals surface area contributed by atoms with Gasteiger partial charge in [-0.15, -0.1) is 0 Å². The van der Waals surface area contributed by atoms with Crippen molar-refractivity contribution in [3.8, 4) is 0 Å². The van der Waals surface area contributed by atoms with Crippen molar-refractivity contribution in [2.45, 2.75) is 32.6 Å². The van der Waals surface area contributed by atoms with Crippen molar-refractivity contribution in [3.05, 3.63) is 41.0 Å². The monoisotopic (exact) mass is 270 g/mol. The zero-order chi connectivity index (χ0) is 13.9. The largest absolute Gasteiger partial charge is 0.338 e. The average molecular weight is 270 g/mol. The summed E-state index contributed by atoms with van der Waals surface area (Å²) in [5, 5.41) is 3.02. The van der Waals surface area contributed by atoms with Crippen LogP contribution in [0.2, 0.25) is 0 Å². The van der Waals surface area contributed by atoms with E-state index in [9.17, 15) is 4.79 Å². The van der Waals surface area contributed by atoms with Crippen LogP contribution in [0.4, 0.5) is 4.79 Å². The number of hydrogen-bond acceptors (Lipinski definition) is 1. The molecule has 1 aromatic rings. The van der Waals surface area contributed by atoms with E-state index in [4.69, 9.17) is 0 Å². The molecule has 2 aliphatic rings. The second-order valence-electron chi connectivity index (χ2n) is 5.67. The van der Waals surface area contributed by atoms with Gasteiger partial charge in [-0.1, -0.05) is 37.6 Å². The molecule has 0 saturated carbocycles. The molecule has 3 heteroatoms. The Morgan fingerprint density at radius 1 is 1.35 bits per heavy atom. The highest BCUT2D eigenvalue weighted by molar-refractivity contribution is 5.81. The molecule has 1 aromatic carbocycles. The van der Waals surface area contributed by atoms with Crippen molar-refractivity contribution in [1.29, 1.82) is 0 Å². The summed E-state index contributed by atoms with van der Waals surface area (Å²) in [5.74, 6) is 0. The number of hydrogen-bond donors (Lipinski definition) is 1. The van der Waals surface area contributed by atoms with Crippen molar-refractivity contribution in [2.75, 3.05) is 19.6 Å². The standard InChI is InChI=1S/C17H22N2O/c1-2-3-9-18-17(20)19-10-8-16-14(12-19)11-13-6-4-5-7-15(13)16/h4-7H,2-3,8-12H2,1H3,(H,18,20). The van der Waals surface area contributed by atoms with Crippen LogP contribution in [0, 0.1) is 0 Å². The fraction of sp³-hybridized carbons (Fsp3) is 0.471. The zero-order valence-corrected chi connectivity index (χ0v) is 12.1. The number of nitrogens with zero attached hydrogens (tertiary/aromatic N) is 1. The molecule has 0 aromatic heterocycles. The first-order valence-electron chi connectivity index (χ1n) is 7.61. The van der Waals surface area contributed by atoms with Gasteiger partial charge in [-0.2, -0.15) is 0 Å².